The van der Waals surface area contributed by atoms with Gasteiger partial charge in [-0.15, -0.1) is 12.8 Å². The van der Waals surface area contributed by atoms with Gasteiger partial charge in [0.25, 0.3) is 0 Å². The summed E-state index contributed by atoms with van der Waals surface area (Å²) in [7, 11) is 0. The number of aryl methyl sites for hydroxylation is 2. The molecule has 212 valence electrons. The molecule has 0 saturated carbocycles. The second-order valence-corrected chi connectivity index (χ2v) is 9.60. The molecule has 0 bridgehead atoms. The fourth-order valence-corrected chi connectivity index (χ4v) is 5.12. The number of aromatic nitrogens is 1. The van der Waals surface area contributed by atoms with Crippen LogP contribution in [-0.2, 0) is 22.6 Å². The van der Waals surface area contributed by atoms with Crippen LogP contribution in [0.1, 0.15) is 54.0 Å². The third-order valence-corrected chi connectivity index (χ3v) is 7.08. The third-order valence-electron chi connectivity index (χ3n) is 7.08. The van der Waals surface area contributed by atoms with Gasteiger partial charge in [-0.1, -0.05) is 78.0 Å². The summed E-state index contributed by atoms with van der Waals surface area (Å²) in [5, 5.41) is 16.1. The van der Waals surface area contributed by atoms with Crippen molar-refractivity contribution >= 4 is 18.6 Å². The molecule has 0 fully saturated rings. The Morgan fingerprint density at radius 3 is 2.44 bits per heavy atom. The van der Waals surface area contributed by atoms with Gasteiger partial charge in [0.15, 0.2) is 5.76 Å². The van der Waals surface area contributed by atoms with Crippen LogP contribution in [0.4, 0.5) is 10.5 Å². The third kappa shape index (κ3) is 7.93. The molecular weight excluding hydrogens is 516 g/mol. The summed E-state index contributed by atoms with van der Waals surface area (Å²) in [6.07, 6.45) is 12.8. The fraction of sp³-hybridized carbons (Fsp3) is 0.265. The molecule has 7 nitrogen and oxygen atoms in total. The summed E-state index contributed by atoms with van der Waals surface area (Å²) < 4.78 is 10.9. The van der Waals surface area contributed by atoms with Crippen LogP contribution in [0.3, 0.4) is 0 Å². The van der Waals surface area contributed by atoms with E-state index in [4.69, 9.17) is 14.1 Å². The lowest BCUT2D eigenvalue weighted by Crippen LogP contribution is -2.14. The normalized spacial score (nSPS) is 13.4. The van der Waals surface area contributed by atoms with Gasteiger partial charge in [0.2, 0.25) is 0 Å². The summed E-state index contributed by atoms with van der Waals surface area (Å²) in [5.41, 5.74) is 7.99. The number of rotatable bonds is 8. The molecule has 4 aromatic rings. The fourth-order valence-electron chi connectivity index (χ4n) is 5.12. The first-order valence-electron chi connectivity index (χ1n) is 13.5. The number of amides is 1. The molecule has 0 spiro atoms. The van der Waals surface area contributed by atoms with Crippen LogP contribution in [0.5, 0.6) is 0 Å². The minimum absolute atomic E-state index is 0.185. The second-order valence-electron chi connectivity index (χ2n) is 9.60. The van der Waals surface area contributed by atoms with Gasteiger partial charge in [-0.3, -0.25) is 5.32 Å². The smallest absolute Gasteiger partial charge is 0.412 e. The molecular formula is C34H36N2O5. The van der Waals surface area contributed by atoms with Crippen molar-refractivity contribution in [1.82, 2.24) is 5.16 Å². The maximum absolute atomic E-state index is 12.4. The summed E-state index contributed by atoms with van der Waals surface area (Å²) in [4.78, 5) is 20.4. The average Bonchev–Trinajstić information content (AvgIpc) is 3.40. The molecule has 5 rings (SSSR count). The van der Waals surface area contributed by atoms with E-state index in [2.05, 4.69) is 53.7 Å². The number of nitrogens with zero attached hydrogens (tertiary/aromatic N) is 1. The predicted octanol–water partition coefficient (Wildman–Crippen LogP) is 7.32. The predicted molar refractivity (Wildman–Crippen MR) is 161 cm³/mol. The zero-order valence-electron chi connectivity index (χ0n) is 23.3. The Bertz CT molecular complexity index is 1410. The molecule has 1 aliphatic rings. The van der Waals surface area contributed by atoms with Gasteiger partial charge in [0.05, 0.1) is 0 Å². The minimum atomic E-state index is -0.556. The van der Waals surface area contributed by atoms with Gasteiger partial charge in [0.1, 0.15) is 24.8 Å². The number of benzene rings is 3. The maximum atomic E-state index is 12.4. The Balaban J connectivity index is 0.00000111. The molecule has 0 radical (unpaired) electrons. The van der Waals surface area contributed by atoms with Crippen molar-refractivity contribution in [3.63, 3.8) is 0 Å². The Labute approximate surface area is 241 Å². The van der Waals surface area contributed by atoms with Crippen LogP contribution < -0.4 is 5.32 Å². The Morgan fingerprint density at radius 1 is 1.05 bits per heavy atom. The molecule has 2 N–H and O–H groups in total. The van der Waals surface area contributed by atoms with Gasteiger partial charge in [0, 0.05) is 12.2 Å². The molecule has 1 amide bonds. The summed E-state index contributed by atoms with van der Waals surface area (Å²) in [5.74, 6) is 1.05. The van der Waals surface area contributed by atoms with Gasteiger partial charge in [-0.05, 0) is 72.8 Å². The van der Waals surface area contributed by atoms with Crippen LogP contribution >= 0.6 is 0 Å². The number of anilines is 1. The van der Waals surface area contributed by atoms with E-state index >= 15 is 0 Å². The Hall–Kier alpha value is -4.67. The van der Waals surface area contributed by atoms with Crippen molar-refractivity contribution < 1.29 is 24.0 Å². The molecule has 1 aromatic heterocycles. The summed E-state index contributed by atoms with van der Waals surface area (Å²) in [6, 6.07) is 24.4. The summed E-state index contributed by atoms with van der Waals surface area (Å²) in [6.45, 7) is 4.23. The van der Waals surface area contributed by atoms with Gasteiger partial charge >= 0.3 is 6.09 Å². The van der Waals surface area contributed by atoms with Crippen LogP contribution in [-0.4, -0.2) is 29.8 Å². The van der Waals surface area contributed by atoms with Crippen LogP contribution in [0, 0.1) is 19.8 Å². The zero-order valence-corrected chi connectivity index (χ0v) is 23.3. The first-order valence-corrected chi connectivity index (χ1v) is 13.5. The van der Waals surface area contributed by atoms with Crippen molar-refractivity contribution in [3.8, 4) is 35.3 Å². The summed E-state index contributed by atoms with van der Waals surface area (Å²) >= 11 is 0. The number of ether oxygens (including phenoxy) is 1. The number of aliphatic hydroxyl groups is 1. The Kier molecular flexibility index (Phi) is 11.9. The second kappa shape index (κ2) is 15.8. The van der Waals surface area contributed by atoms with E-state index in [0.29, 0.717) is 23.1 Å². The highest BCUT2D eigenvalue weighted by Gasteiger charge is 2.21. The van der Waals surface area contributed by atoms with E-state index in [1.165, 1.54) is 29.5 Å². The molecule has 3 aromatic carbocycles. The van der Waals surface area contributed by atoms with E-state index < -0.39 is 6.09 Å². The van der Waals surface area contributed by atoms with Crippen LogP contribution in [0.15, 0.2) is 77.3 Å². The number of fused-ring (bicyclic) bond motifs is 1. The molecule has 1 unspecified atom stereocenters. The van der Waals surface area contributed by atoms with Crippen molar-refractivity contribution in [2.24, 2.45) is 0 Å². The first-order chi connectivity index (χ1) is 20.1. The number of carbonyl (C=O) groups is 2. The van der Waals surface area contributed by atoms with Gasteiger partial charge in [-0.2, -0.15) is 0 Å². The van der Waals surface area contributed by atoms with Crippen LogP contribution in [0.2, 0.25) is 0 Å². The highest BCUT2D eigenvalue weighted by Crippen LogP contribution is 2.38. The number of terminal acetylenes is 1. The maximum Gasteiger partial charge on any atom is 0.412 e. The number of hydrogen-bond donors (Lipinski definition) is 2. The van der Waals surface area contributed by atoms with Crippen LogP contribution in [0.25, 0.3) is 22.5 Å². The van der Waals surface area contributed by atoms with Crippen molar-refractivity contribution in [2.75, 3.05) is 11.9 Å². The van der Waals surface area contributed by atoms with E-state index in [9.17, 15) is 9.90 Å². The highest BCUT2D eigenvalue weighted by atomic mass is 16.5. The van der Waals surface area contributed by atoms with Crippen molar-refractivity contribution in [3.05, 3.63) is 95.2 Å². The SMILES string of the molecule is C#C.C=O.Cc1noc(-c2ccc(-c3ccc4c(c3)CCCC4CCCO)cc2)c1NC(=O)OCc1ccccc1. The lowest BCUT2D eigenvalue weighted by Gasteiger charge is -2.26. The number of aliphatic hydroxyl groups excluding tert-OH is 1. The number of nitrogens with one attached hydrogen (secondary N) is 1. The standard InChI is InChI=1S/C31H32N2O4.C2H2.CH2O/c1-21-29(32-31(35)36-20-22-7-3-2-4-8-22)30(37-33-21)25-14-12-23(13-15-25)26-16-17-28-24(11-6-18-34)9-5-10-27(28)19-26;2*1-2/h2-4,7-8,12-17,19,24,34H,5-6,9-11,18,20H2,1H3,(H,32,35);1-2H;1H2. The quantitative estimate of drug-likeness (QED) is 0.222. The topological polar surface area (TPSA) is 102 Å². The van der Waals surface area contributed by atoms with Crippen molar-refractivity contribution in [2.45, 2.75) is 51.6 Å². The molecule has 1 aliphatic carbocycles. The van der Waals surface area contributed by atoms with Crippen molar-refractivity contribution in [1.29, 1.82) is 0 Å². The Morgan fingerprint density at radius 2 is 1.73 bits per heavy atom. The lowest BCUT2D eigenvalue weighted by molar-refractivity contribution is -0.0980. The molecule has 0 saturated heterocycles. The monoisotopic (exact) mass is 552 g/mol. The molecule has 7 heteroatoms. The number of carbonyl (C=O) groups excluding carboxylic acids is 2. The number of hydrogen-bond acceptors (Lipinski definition) is 6. The van der Waals surface area contributed by atoms with E-state index in [1.54, 1.807) is 6.92 Å². The van der Waals surface area contributed by atoms with E-state index in [1.807, 2.05) is 49.3 Å². The molecule has 0 aliphatic heterocycles. The zero-order chi connectivity index (χ0) is 29.6. The molecule has 1 heterocycles. The highest BCUT2D eigenvalue weighted by molar-refractivity contribution is 5.91. The van der Waals surface area contributed by atoms with Gasteiger partial charge in [-0.25, -0.2) is 4.79 Å². The largest absolute Gasteiger partial charge is 0.444 e. The molecule has 41 heavy (non-hydrogen) atoms. The first kappa shape index (κ1) is 30.9. The average molecular weight is 553 g/mol. The van der Waals surface area contributed by atoms with Gasteiger partial charge < -0.3 is 19.2 Å². The van der Waals surface area contributed by atoms with E-state index in [0.717, 1.165) is 36.0 Å². The minimum Gasteiger partial charge on any atom is -0.444 e. The molecule has 1 atom stereocenters. The lowest BCUT2D eigenvalue weighted by atomic mass is 9.79. The van der Waals surface area contributed by atoms with E-state index in [-0.39, 0.29) is 13.2 Å².